The van der Waals surface area contributed by atoms with E-state index in [4.69, 9.17) is 33.0 Å². The van der Waals surface area contributed by atoms with E-state index in [1.54, 1.807) is 36.4 Å². The molecule has 0 fully saturated rings. The summed E-state index contributed by atoms with van der Waals surface area (Å²) in [5.41, 5.74) is 1.17. The first-order chi connectivity index (χ1) is 9.60. The SMILES string of the molecule is O=C(COc1cccc(CO)c1)c1ccc(Cl)c(Cl)c1. The lowest BCUT2D eigenvalue weighted by atomic mass is 10.1. The van der Waals surface area contributed by atoms with Gasteiger partial charge in [0.25, 0.3) is 0 Å². The molecule has 2 aromatic carbocycles. The summed E-state index contributed by atoms with van der Waals surface area (Å²) >= 11 is 11.7. The fourth-order valence-corrected chi connectivity index (χ4v) is 1.93. The molecule has 0 aliphatic heterocycles. The third-order valence-corrected chi connectivity index (χ3v) is 3.43. The van der Waals surface area contributed by atoms with Gasteiger partial charge in [-0.05, 0) is 35.9 Å². The van der Waals surface area contributed by atoms with Gasteiger partial charge in [0.1, 0.15) is 5.75 Å². The first-order valence-electron chi connectivity index (χ1n) is 5.91. The lowest BCUT2D eigenvalue weighted by Crippen LogP contribution is -2.11. The van der Waals surface area contributed by atoms with Crippen LogP contribution in [0, 0.1) is 0 Å². The van der Waals surface area contributed by atoms with Gasteiger partial charge in [-0.1, -0.05) is 35.3 Å². The van der Waals surface area contributed by atoms with Crippen LogP contribution in [0.15, 0.2) is 42.5 Å². The van der Waals surface area contributed by atoms with Crippen LogP contribution >= 0.6 is 23.2 Å². The fraction of sp³-hybridized carbons (Fsp3) is 0.133. The van der Waals surface area contributed by atoms with Gasteiger partial charge in [0.05, 0.1) is 16.7 Å². The summed E-state index contributed by atoms with van der Waals surface area (Å²) in [7, 11) is 0. The zero-order valence-electron chi connectivity index (χ0n) is 10.5. The normalized spacial score (nSPS) is 10.3. The van der Waals surface area contributed by atoms with Crippen molar-refractivity contribution >= 4 is 29.0 Å². The number of carbonyl (C=O) groups excluding carboxylic acids is 1. The number of hydrogen-bond acceptors (Lipinski definition) is 3. The van der Waals surface area contributed by atoms with E-state index >= 15 is 0 Å². The van der Waals surface area contributed by atoms with Gasteiger partial charge in [-0.3, -0.25) is 4.79 Å². The number of hydrogen-bond donors (Lipinski definition) is 1. The van der Waals surface area contributed by atoms with Crippen LogP contribution in [-0.2, 0) is 6.61 Å². The number of ketones is 1. The minimum absolute atomic E-state index is 0.0715. The van der Waals surface area contributed by atoms with E-state index in [1.165, 1.54) is 6.07 Å². The van der Waals surface area contributed by atoms with Gasteiger partial charge in [-0.25, -0.2) is 0 Å². The molecule has 0 bridgehead atoms. The molecule has 0 amide bonds. The van der Waals surface area contributed by atoms with Gasteiger partial charge in [0.15, 0.2) is 12.4 Å². The van der Waals surface area contributed by atoms with Crippen molar-refractivity contribution in [2.45, 2.75) is 6.61 Å². The van der Waals surface area contributed by atoms with Crippen LogP contribution < -0.4 is 4.74 Å². The lowest BCUT2D eigenvalue weighted by molar-refractivity contribution is 0.0921. The van der Waals surface area contributed by atoms with E-state index < -0.39 is 0 Å². The molecule has 104 valence electrons. The Morgan fingerprint density at radius 2 is 1.90 bits per heavy atom. The second-order valence-corrected chi connectivity index (χ2v) is 4.96. The highest BCUT2D eigenvalue weighted by Crippen LogP contribution is 2.23. The Labute approximate surface area is 126 Å². The van der Waals surface area contributed by atoms with Gasteiger partial charge in [-0.15, -0.1) is 0 Å². The van der Waals surface area contributed by atoms with Crippen molar-refractivity contribution in [1.29, 1.82) is 0 Å². The van der Waals surface area contributed by atoms with Crippen LogP contribution in [0.5, 0.6) is 5.75 Å². The van der Waals surface area contributed by atoms with Crippen molar-refractivity contribution in [1.82, 2.24) is 0 Å². The third kappa shape index (κ3) is 3.73. The number of rotatable bonds is 5. The van der Waals surface area contributed by atoms with Gasteiger partial charge >= 0.3 is 0 Å². The largest absolute Gasteiger partial charge is 0.485 e. The molecule has 1 N–H and O–H groups in total. The Bertz CT molecular complexity index is 626. The van der Waals surface area contributed by atoms with E-state index in [2.05, 4.69) is 0 Å². The molecular formula is C15H12Cl2O3. The Kier molecular flexibility index (Phi) is 5.01. The maximum atomic E-state index is 12.0. The van der Waals surface area contributed by atoms with Gasteiger partial charge in [0.2, 0.25) is 0 Å². The molecule has 0 radical (unpaired) electrons. The van der Waals surface area contributed by atoms with Crippen molar-refractivity contribution in [3.63, 3.8) is 0 Å². The first kappa shape index (κ1) is 14.9. The average molecular weight is 311 g/mol. The number of benzene rings is 2. The average Bonchev–Trinajstić information content (AvgIpc) is 2.47. The highest BCUT2D eigenvalue weighted by Gasteiger charge is 2.09. The molecule has 0 saturated heterocycles. The molecule has 0 saturated carbocycles. The number of ether oxygens (including phenoxy) is 1. The predicted octanol–water partition coefficient (Wildman–Crippen LogP) is 3.75. The van der Waals surface area contributed by atoms with Crippen LogP contribution in [0.4, 0.5) is 0 Å². The molecule has 0 aliphatic rings. The number of aliphatic hydroxyl groups excluding tert-OH is 1. The van der Waals surface area contributed by atoms with Crippen molar-refractivity contribution < 1.29 is 14.6 Å². The van der Waals surface area contributed by atoms with Crippen molar-refractivity contribution in [3.8, 4) is 5.75 Å². The maximum absolute atomic E-state index is 12.0. The Morgan fingerprint density at radius 3 is 2.60 bits per heavy atom. The molecule has 3 nitrogen and oxygen atoms in total. The molecule has 2 rings (SSSR count). The maximum Gasteiger partial charge on any atom is 0.200 e. The van der Waals surface area contributed by atoms with E-state index in [-0.39, 0.29) is 19.0 Å². The van der Waals surface area contributed by atoms with E-state index in [0.29, 0.717) is 21.4 Å². The molecule has 0 aliphatic carbocycles. The second kappa shape index (κ2) is 6.75. The molecule has 0 unspecified atom stereocenters. The summed E-state index contributed by atoms with van der Waals surface area (Å²) in [5, 5.41) is 9.76. The minimum atomic E-state index is -0.196. The summed E-state index contributed by atoms with van der Waals surface area (Å²) in [6.07, 6.45) is 0. The minimum Gasteiger partial charge on any atom is -0.485 e. The van der Waals surface area contributed by atoms with Crippen molar-refractivity contribution in [3.05, 3.63) is 63.6 Å². The lowest BCUT2D eigenvalue weighted by Gasteiger charge is -2.07. The first-order valence-corrected chi connectivity index (χ1v) is 6.66. The van der Waals surface area contributed by atoms with Crippen LogP contribution in [0.2, 0.25) is 10.0 Å². The van der Waals surface area contributed by atoms with Crippen molar-refractivity contribution in [2.24, 2.45) is 0 Å². The molecule has 5 heteroatoms. The van der Waals surface area contributed by atoms with Crippen molar-refractivity contribution in [2.75, 3.05) is 6.61 Å². The number of carbonyl (C=O) groups is 1. The Morgan fingerprint density at radius 1 is 1.10 bits per heavy atom. The van der Waals surface area contributed by atoms with E-state index in [0.717, 1.165) is 5.56 Å². The summed E-state index contributed by atoms with van der Waals surface area (Å²) in [6, 6.07) is 11.6. The van der Waals surface area contributed by atoms with E-state index in [1.807, 2.05) is 0 Å². The molecule has 2 aromatic rings. The molecular weight excluding hydrogens is 299 g/mol. The molecule has 0 heterocycles. The zero-order valence-corrected chi connectivity index (χ0v) is 12.0. The molecule has 0 spiro atoms. The zero-order chi connectivity index (χ0) is 14.5. The highest BCUT2D eigenvalue weighted by molar-refractivity contribution is 6.42. The highest BCUT2D eigenvalue weighted by atomic mass is 35.5. The summed E-state index contributed by atoms with van der Waals surface area (Å²) in [4.78, 5) is 12.0. The number of aliphatic hydroxyl groups is 1. The quantitative estimate of drug-likeness (QED) is 0.856. The Hall–Kier alpha value is -1.55. The molecule has 0 atom stereocenters. The number of halogens is 2. The monoisotopic (exact) mass is 310 g/mol. The van der Waals surface area contributed by atoms with Gasteiger partial charge in [-0.2, -0.15) is 0 Å². The molecule has 0 aromatic heterocycles. The topological polar surface area (TPSA) is 46.5 Å². The van der Waals surface area contributed by atoms with Gasteiger partial charge < -0.3 is 9.84 Å². The smallest absolute Gasteiger partial charge is 0.200 e. The van der Waals surface area contributed by atoms with Crippen LogP contribution in [0.1, 0.15) is 15.9 Å². The summed E-state index contributed by atoms with van der Waals surface area (Å²) in [5.74, 6) is 0.336. The standard InChI is InChI=1S/C15H12Cl2O3/c16-13-5-4-11(7-14(13)17)15(19)9-20-12-3-1-2-10(6-12)8-18/h1-7,18H,8-9H2. The third-order valence-electron chi connectivity index (χ3n) is 2.69. The van der Waals surface area contributed by atoms with Crippen LogP contribution in [0.25, 0.3) is 0 Å². The predicted molar refractivity (Wildman–Crippen MR) is 78.7 cm³/mol. The second-order valence-electron chi connectivity index (χ2n) is 4.15. The van der Waals surface area contributed by atoms with E-state index in [9.17, 15) is 4.79 Å². The van der Waals surface area contributed by atoms with Gasteiger partial charge in [0, 0.05) is 5.56 Å². The molecule has 20 heavy (non-hydrogen) atoms. The number of Topliss-reactive ketones (excluding diaryl/α,β-unsaturated/α-hetero) is 1. The van der Waals surface area contributed by atoms with Crippen LogP contribution in [-0.4, -0.2) is 17.5 Å². The van der Waals surface area contributed by atoms with Crippen LogP contribution in [0.3, 0.4) is 0 Å². The Balaban J connectivity index is 2.02. The summed E-state index contributed by atoms with van der Waals surface area (Å²) < 4.78 is 5.40. The summed E-state index contributed by atoms with van der Waals surface area (Å²) in [6.45, 7) is -0.176. The fourth-order valence-electron chi connectivity index (χ4n) is 1.64.